The number of aliphatic carboxylic acids is 1. The molecule has 0 saturated heterocycles. The number of aromatic nitrogens is 2. The van der Waals surface area contributed by atoms with E-state index in [0.29, 0.717) is 19.6 Å². The number of fused-ring (bicyclic) bond motifs is 1. The number of nitrogens with one attached hydrogen (secondary N) is 1. The van der Waals surface area contributed by atoms with Gasteiger partial charge in [-0.25, -0.2) is 9.78 Å². The molecule has 0 fully saturated rings. The highest BCUT2D eigenvalue weighted by molar-refractivity contribution is 7.07. The fourth-order valence-electron chi connectivity index (χ4n) is 3.03. The van der Waals surface area contributed by atoms with E-state index in [0.717, 1.165) is 31.2 Å². The third-order valence-corrected chi connectivity index (χ3v) is 5.32. The number of carboxylic acids is 1. The lowest BCUT2D eigenvalue weighted by Crippen LogP contribution is -2.36. The molecular weight excluding hydrogens is 437 g/mol. The lowest BCUT2D eigenvalue weighted by Gasteiger charge is -2.33. The van der Waals surface area contributed by atoms with Gasteiger partial charge in [-0.1, -0.05) is 0 Å². The predicted molar refractivity (Wildman–Crippen MR) is 108 cm³/mol. The van der Waals surface area contributed by atoms with Gasteiger partial charge in [-0.05, 0) is 29.3 Å². The van der Waals surface area contributed by atoms with Crippen LogP contribution in [0.2, 0.25) is 0 Å². The van der Waals surface area contributed by atoms with Crippen molar-refractivity contribution in [3.8, 4) is 0 Å². The van der Waals surface area contributed by atoms with Crippen molar-refractivity contribution in [2.75, 3.05) is 26.8 Å². The van der Waals surface area contributed by atoms with Crippen molar-refractivity contribution in [1.82, 2.24) is 19.8 Å². The van der Waals surface area contributed by atoms with Crippen molar-refractivity contribution in [3.63, 3.8) is 0 Å². The molecule has 2 N–H and O–H groups in total. The molecular formula is C19H25F3N4O4S. The number of carbonyl (C=O) groups is 2. The topological polar surface area (TPSA) is 96.7 Å². The number of carboxylic acid groups (broad SMARTS) is 1. The second-order valence-electron chi connectivity index (χ2n) is 6.88. The maximum absolute atomic E-state index is 11.9. The van der Waals surface area contributed by atoms with E-state index in [-0.39, 0.29) is 11.9 Å². The van der Waals surface area contributed by atoms with Crippen molar-refractivity contribution in [1.29, 1.82) is 0 Å². The minimum atomic E-state index is -5.08. The Bertz CT molecular complexity index is 855. The number of hydrogen-bond acceptors (Lipinski definition) is 6. The van der Waals surface area contributed by atoms with Gasteiger partial charge >= 0.3 is 12.1 Å². The van der Waals surface area contributed by atoms with Crippen LogP contribution in [0.3, 0.4) is 0 Å². The quantitative estimate of drug-likeness (QED) is 0.614. The Labute approximate surface area is 181 Å². The molecule has 0 radical (unpaired) electrons. The summed E-state index contributed by atoms with van der Waals surface area (Å²) in [6, 6.07) is 2.43. The van der Waals surface area contributed by atoms with Crippen LogP contribution in [0.4, 0.5) is 13.2 Å². The fraction of sp³-hybridized carbons (Fsp3) is 0.526. The molecule has 2 aromatic heterocycles. The van der Waals surface area contributed by atoms with Crippen LogP contribution < -0.4 is 5.32 Å². The van der Waals surface area contributed by atoms with Crippen molar-refractivity contribution < 1.29 is 32.6 Å². The highest BCUT2D eigenvalue weighted by Gasteiger charge is 2.38. The molecule has 8 nitrogen and oxygen atoms in total. The molecule has 0 aromatic carbocycles. The molecule has 0 bridgehead atoms. The molecule has 0 spiro atoms. The van der Waals surface area contributed by atoms with Crippen molar-refractivity contribution in [2.24, 2.45) is 0 Å². The maximum atomic E-state index is 11.9. The first kappa shape index (κ1) is 24.8. The number of rotatable bonds is 7. The summed E-state index contributed by atoms with van der Waals surface area (Å²) in [6.07, 6.45) is -2.75. The average Bonchev–Trinajstić information content (AvgIpc) is 3.34. The third kappa shape index (κ3) is 7.64. The van der Waals surface area contributed by atoms with Crippen LogP contribution in [0.25, 0.3) is 0 Å². The van der Waals surface area contributed by atoms with Gasteiger partial charge in [0.2, 0.25) is 5.91 Å². The average molecular weight is 462 g/mol. The van der Waals surface area contributed by atoms with Crippen molar-refractivity contribution >= 4 is 23.2 Å². The Morgan fingerprint density at radius 3 is 2.68 bits per heavy atom. The molecule has 2 aromatic rings. The van der Waals surface area contributed by atoms with Gasteiger partial charge in [-0.3, -0.25) is 9.69 Å². The number of carbonyl (C=O) groups excluding carboxylic acids is 1. The molecule has 1 aliphatic rings. The Balaban J connectivity index is 0.000000423. The second kappa shape index (κ2) is 11.3. The predicted octanol–water partition coefficient (Wildman–Crippen LogP) is 2.46. The second-order valence-corrected chi connectivity index (χ2v) is 7.66. The SMILES string of the molecule is COCCNC(=O)Cc1cn2c(n1)C(C)N(Cc1ccsc1)CC2.O=C(O)C(F)(F)F. The molecule has 1 aliphatic heterocycles. The van der Waals surface area contributed by atoms with E-state index in [2.05, 4.69) is 38.5 Å². The molecule has 0 saturated carbocycles. The first-order valence-electron chi connectivity index (χ1n) is 9.48. The van der Waals surface area contributed by atoms with Crippen LogP contribution in [-0.4, -0.2) is 64.4 Å². The van der Waals surface area contributed by atoms with E-state index in [9.17, 15) is 18.0 Å². The smallest absolute Gasteiger partial charge is 0.475 e. The van der Waals surface area contributed by atoms with Crippen LogP contribution in [0.5, 0.6) is 0 Å². The van der Waals surface area contributed by atoms with E-state index >= 15 is 0 Å². The summed E-state index contributed by atoms with van der Waals surface area (Å²) >= 11 is 1.73. The lowest BCUT2D eigenvalue weighted by atomic mass is 10.2. The van der Waals surface area contributed by atoms with Gasteiger partial charge in [-0.2, -0.15) is 24.5 Å². The molecule has 3 rings (SSSR count). The highest BCUT2D eigenvalue weighted by atomic mass is 32.1. The summed E-state index contributed by atoms with van der Waals surface area (Å²) in [4.78, 5) is 28.0. The van der Waals surface area contributed by atoms with E-state index in [4.69, 9.17) is 19.6 Å². The molecule has 1 atom stereocenters. The molecule has 0 aliphatic carbocycles. The van der Waals surface area contributed by atoms with Crippen LogP contribution in [0, 0.1) is 0 Å². The zero-order chi connectivity index (χ0) is 23.0. The summed E-state index contributed by atoms with van der Waals surface area (Å²) in [7, 11) is 1.62. The largest absolute Gasteiger partial charge is 0.490 e. The molecule has 1 amide bonds. The number of amides is 1. The summed E-state index contributed by atoms with van der Waals surface area (Å²) in [5, 5.41) is 14.3. The minimum absolute atomic E-state index is 0.00900. The molecule has 172 valence electrons. The first-order valence-corrected chi connectivity index (χ1v) is 10.4. The number of imidazole rings is 1. The fourth-order valence-corrected chi connectivity index (χ4v) is 3.69. The van der Waals surface area contributed by atoms with Crippen LogP contribution >= 0.6 is 11.3 Å². The number of ether oxygens (including phenoxy) is 1. The summed E-state index contributed by atoms with van der Waals surface area (Å²) in [5.41, 5.74) is 2.19. The molecule has 31 heavy (non-hydrogen) atoms. The van der Waals surface area contributed by atoms with E-state index in [1.807, 2.05) is 6.20 Å². The minimum Gasteiger partial charge on any atom is -0.475 e. The number of halogens is 3. The van der Waals surface area contributed by atoms with Gasteiger partial charge in [0.05, 0.1) is 24.8 Å². The summed E-state index contributed by atoms with van der Waals surface area (Å²) in [5.74, 6) is -1.71. The first-order chi connectivity index (χ1) is 14.6. The van der Waals surface area contributed by atoms with Crippen LogP contribution in [-0.2, 0) is 33.8 Å². The van der Waals surface area contributed by atoms with Gasteiger partial charge in [-0.15, -0.1) is 0 Å². The Kier molecular flexibility index (Phi) is 9.01. The molecule has 12 heteroatoms. The van der Waals surface area contributed by atoms with Crippen LogP contribution in [0.15, 0.2) is 23.0 Å². The normalized spacial score (nSPS) is 16.2. The maximum Gasteiger partial charge on any atom is 0.490 e. The third-order valence-electron chi connectivity index (χ3n) is 4.59. The van der Waals surface area contributed by atoms with Gasteiger partial charge in [0.25, 0.3) is 0 Å². The number of hydrogen-bond donors (Lipinski definition) is 2. The van der Waals surface area contributed by atoms with E-state index in [1.54, 1.807) is 18.4 Å². The van der Waals surface area contributed by atoms with Crippen molar-refractivity contribution in [2.45, 2.75) is 38.7 Å². The molecule has 1 unspecified atom stereocenters. The number of methoxy groups -OCH3 is 1. The van der Waals surface area contributed by atoms with Gasteiger partial charge in [0.1, 0.15) is 5.82 Å². The number of alkyl halides is 3. The van der Waals surface area contributed by atoms with Gasteiger partial charge in [0.15, 0.2) is 0 Å². The monoisotopic (exact) mass is 462 g/mol. The summed E-state index contributed by atoms with van der Waals surface area (Å²) < 4.78 is 38.9. The Hall–Kier alpha value is -2.44. The van der Waals surface area contributed by atoms with E-state index < -0.39 is 12.1 Å². The Morgan fingerprint density at radius 2 is 2.10 bits per heavy atom. The lowest BCUT2D eigenvalue weighted by molar-refractivity contribution is -0.192. The van der Waals surface area contributed by atoms with E-state index in [1.165, 1.54) is 5.56 Å². The number of thiophene rings is 1. The zero-order valence-corrected chi connectivity index (χ0v) is 18.0. The van der Waals surface area contributed by atoms with Crippen LogP contribution in [0.1, 0.15) is 30.0 Å². The van der Waals surface area contributed by atoms with Gasteiger partial charge < -0.3 is 19.7 Å². The standard InChI is InChI=1S/C17H24N4O2S.C2HF3O2/c1-13-17-19-15(9-16(22)18-4-7-23-2)11-21(17)6-5-20(13)10-14-3-8-24-12-14;3-2(4,5)1(6)7/h3,8,11-13H,4-7,9-10H2,1-2H3,(H,18,22);(H,6,7). The van der Waals surface area contributed by atoms with Crippen molar-refractivity contribution in [3.05, 3.63) is 40.1 Å². The van der Waals surface area contributed by atoms with Gasteiger partial charge in [0, 0.05) is 39.5 Å². The Morgan fingerprint density at radius 1 is 1.39 bits per heavy atom. The molecule has 3 heterocycles. The summed E-state index contributed by atoms with van der Waals surface area (Å²) in [6.45, 7) is 6.12. The highest BCUT2D eigenvalue weighted by Crippen LogP contribution is 2.26. The number of nitrogens with zero attached hydrogens (tertiary/aromatic N) is 3. The zero-order valence-electron chi connectivity index (χ0n) is 17.2.